The van der Waals surface area contributed by atoms with Crippen LogP contribution in [0.5, 0.6) is 0 Å². The fourth-order valence-corrected chi connectivity index (χ4v) is 3.44. The highest BCUT2D eigenvalue weighted by Gasteiger charge is 2.43. The third-order valence-corrected chi connectivity index (χ3v) is 5.05. The number of nitrogens with zero attached hydrogens (tertiary/aromatic N) is 2. The zero-order valence-corrected chi connectivity index (χ0v) is 13.0. The van der Waals surface area contributed by atoms with Gasteiger partial charge < -0.3 is 9.88 Å². The predicted octanol–water partition coefficient (Wildman–Crippen LogP) is 2.32. The number of fused-ring (bicyclic) bond motifs is 1. The lowest BCUT2D eigenvalue weighted by Gasteiger charge is -2.30. The number of benzene rings is 1. The molecule has 1 unspecified atom stereocenters. The average molecular weight is 285 g/mol. The van der Waals surface area contributed by atoms with Crippen LogP contribution in [0.3, 0.4) is 0 Å². The van der Waals surface area contributed by atoms with E-state index in [4.69, 9.17) is 0 Å². The molecule has 0 aliphatic carbocycles. The number of carbonyl (C=O) groups excluding carboxylic acids is 1. The molecule has 1 aromatic heterocycles. The molecule has 0 amide bonds. The predicted molar refractivity (Wildman–Crippen MR) is 84.2 cm³/mol. The number of para-hydroxylation sites is 2. The van der Waals surface area contributed by atoms with Crippen LogP contribution in [-0.2, 0) is 18.3 Å². The van der Waals surface area contributed by atoms with E-state index < -0.39 is 0 Å². The molecule has 1 fully saturated rings. The minimum absolute atomic E-state index is 0.224. The lowest BCUT2D eigenvalue weighted by Crippen LogP contribution is -2.39. The summed E-state index contributed by atoms with van der Waals surface area (Å²) < 4.78 is 2.05. The maximum atomic E-state index is 12.9. The van der Waals surface area contributed by atoms with Gasteiger partial charge in [-0.05, 0) is 31.0 Å². The molecule has 0 spiro atoms. The number of nitrogens with one attached hydrogen (secondary N) is 1. The summed E-state index contributed by atoms with van der Waals surface area (Å²) in [6, 6.07) is 8.04. The number of Topliss-reactive ketones (excluding diaryl/α,β-unsaturated/α-hetero) is 1. The first-order valence-electron chi connectivity index (χ1n) is 7.69. The van der Waals surface area contributed by atoms with E-state index in [1.54, 1.807) is 0 Å². The molecule has 1 saturated heterocycles. The molecule has 0 saturated carbocycles. The Hall–Kier alpha value is -1.68. The second-order valence-corrected chi connectivity index (χ2v) is 6.41. The van der Waals surface area contributed by atoms with E-state index in [1.165, 1.54) is 0 Å². The first kappa shape index (κ1) is 14.3. The zero-order valence-electron chi connectivity index (χ0n) is 13.0. The molecular weight excluding hydrogens is 262 g/mol. The fraction of sp³-hybridized carbons (Fsp3) is 0.529. The van der Waals surface area contributed by atoms with Crippen LogP contribution in [0, 0.1) is 11.3 Å². The number of imidazole rings is 1. The fourth-order valence-electron chi connectivity index (χ4n) is 3.44. The van der Waals surface area contributed by atoms with Crippen molar-refractivity contribution in [2.45, 2.75) is 26.7 Å². The van der Waals surface area contributed by atoms with Gasteiger partial charge in [0.1, 0.15) is 11.6 Å². The highest BCUT2D eigenvalue weighted by Crippen LogP contribution is 2.36. The average Bonchev–Trinajstić information content (AvgIpc) is 3.07. The number of aryl methyl sites for hydroxylation is 1. The Labute approximate surface area is 125 Å². The largest absolute Gasteiger partial charge is 0.331 e. The van der Waals surface area contributed by atoms with Crippen molar-refractivity contribution >= 4 is 16.8 Å². The summed E-state index contributed by atoms with van der Waals surface area (Å²) >= 11 is 0. The van der Waals surface area contributed by atoms with Gasteiger partial charge in [0.2, 0.25) is 0 Å². The van der Waals surface area contributed by atoms with Crippen LogP contribution < -0.4 is 5.32 Å². The third-order valence-electron chi connectivity index (χ3n) is 5.05. The van der Waals surface area contributed by atoms with Gasteiger partial charge in [-0.1, -0.05) is 26.0 Å². The first-order chi connectivity index (χ1) is 10.0. The van der Waals surface area contributed by atoms with E-state index in [1.807, 2.05) is 35.9 Å². The molecule has 1 atom stereocenters. The molecule has 1 aliphatic rings. The van der Waals surface area contributed by atoms with Crippen molar-refractivity contribution in [3.63, 3.8) is 0 Å². The van der Waals surface area contributed by atoms with Gasteiger partial charge in [-0.25, -0.2) is 4.98 Å². The molecule has 1 aliphatic heterocycles. The molecule has 0 radical (unpaired) electrons. The molecular formula is C17H23N3O. The van der Waals surface area contributed by atoms with Crippen LogP contribution in [0.15, 0.2) is 24.3 Å². The molecule has 0 bridgehead atoms. The summed E-state index contributed by atoms with van der Waals surface area (Å²) in [6.07, 6.45) is 1.36. The van der Waals surface area contributed by atoms with E-state index in [0.717, 1.165) is 36.4 Å². The summed E-state index contributed by atoms with van der Waals surface area (Å²) in [4.78, 5) is 17.5. The number of aromatic nitrogens is 2. The van der Waals surface area contributed by atoms with Gasteiger partial charge in [0.05, 0.1) is 17.5 Å². The van der Waals surface area contributed by atoms with Crippen LogP contribution in [0.2, 0.25) is 0 Å². The Kier molecular flexibility index (Phi) is 3.57. The van der Waals surface area contributed by atoms with Crippen LogP contribution in [0.1, 0.15) is 26.1 Å². The summed E-state index contributed by atoms with van der Waals surface area (Å²) in [5, 5.41) is 3.35. The molecule has 1 N–H and O–H groups in total. The molecule has 3 rings (SSSR count). The minimum Gasteiger partial charge on any atom is -0.331 e. The molecule has 112 valence electrons. The number of carbonyl (C=O) groups is 1. The number of hydrogen-bond acceptors (Lipinski definition) is 3. The van der Waals surface area contributed by atoms with Crippen LogP contribution in [0.25, 0.3) is 11.0 Å². The Bertz CT molecular complexity index is 666. The van der Waals surface area contributed by atoms with Crippen LogP contribution in [-0.4, -0.2) is 28.4 Å². The van der Waals surface area contributed by atoms with Crippen molar-refractivity contribution < 1.29 is 4.79 Å². The monoisotopic (exact) mass is 285 g/mol. The van der Waals surface area contributed by atoms with Gasteiger partial charge in [0, 0.05) is 19.0 Å². The summed E-state index contributed by atoms with van der Waals surface area (Å²) in [5.41, 5.74) is 1.83. The highest BCUT2D eigenvalue weighted by atomic mass is 16.1. The maximum Gasteiger partial charge on any atom is 0.148 e. The third kappa shape index (κ3) is 2.27. The Balaban J connectivity index is 1.91. The van der Waals surface area contributed by atoms with Crippen molar-refractivity contribution in [3.05, 3.63) is 30.1 Å². The molecule has 2 aromatic rings. The van der Waals surface area contributed by atoms with Crippen molar-refractivity contribution in [1.29, 1.82) is 0 Å². The van der Waals surface area contributed by atoms with Gasteiger partial charge in [-0.2, -0.15) is 0 Å². The highest BCUT2D eigenvalue weighted by molar-refractivity contribution is 5.88. The van der Waals surface area contributed by atoms with Crippen molar-refractivity contribution in [2.24, 2.45) is 18.4 Å². The van der Waals surface area contributed by atoms with Gasteiger partial charge >= 0.3 is 0 Å². The smallest absolute Gasteiger partial charge is 0.148 e. The summed E-state index contributed by atoms with van der Waals surface area (Å²) in [6.45, 7) is 6.04. The second-order valence-electron chi connectivity index (χ2n) is 6.41. The molecule has 4 nitrogen and oxygen atoms in total. The first-order valence-corrected chi connectivity index (χ1v) is 7.69. The second kappa shape index (κ2) is 5.26. The lowest BCUT2D eigenvalue weighted by atomic mass is 9.72. The minimum atomic E-state index is -0.224. The van der Waals surface area contributed by atoms with E-state index in [0.29, 0.717) is 18.1 Å². The Morgan fingerprint density at radius 3 is 2.81 bits per heavy atom. The molecule has 4 heteroatoms. The Morgan fingerprint density at radius 1 is 1.43 bits per heavy atom. The van der Waals surface area contributed by atoms with E-state index in [9.17, 15) is 4.79 Å². The van der Waals surface area contributed by atoms with Gasteiger partial charge in [0.25, 0.3) is 0 Å². The summed E-state index contributed by atoms with van der Waals surface area (Å²) in [7, 11) is 1.99. The Morgan fingerprint density at radius 2 is 2.19 bits per heavy atom. The van der Waals surface area contributed by atoms with Crippen molar-refractivity contribution in [2.75, 3.05) is 13.1 Å². The van der Waals surface area contributed by atoms with E-state index >= 15 is 0 Å². The van der Waals surface area contributed by atoms with Crippen LogP contribution >= 0.6 is 0 Å². The molecule has 1 aromatic carbocycles. The van der Waals surface area contributed by atoms with Crippen molar-refractivity contribution in [3.8, 4) is 0 Å². The zero-order chi connectivity index (χ0) is 15.0. The normalized spacial score (nSPS) is 22.3. The number of hydrogen-bond donors (Lipinski definition) is 1. The van der Waals surface area contributed by atoms with Crippen LogP contribution in [0.4, 0.5) is 0 Å². The molecule has 21 heavy (non-hydrogen) atoms. The lowest BCUT2D eigenvalue weighted by molar-refractivity contribution is -0.129. The van der Waals surface area contributed by atoms with Gasteiger partial charge in [-0.15, -0.1) is 0 Å². The molecule has 2 heterocycles. The standard InChI is InChI=1S/C17H23N3O/c1-12(2)17(8-9-18-11-17)15(21)10-16-19-13-6-4-5-7-14(13)20(16)3/h4-7,12,18H,8-11H2,1-3H3. The number of ketones is 1. The van der Waals surface area contributed by atoms with Gasteiger partial charge in [0.15, 0.2) is 0 Å². The van der Waals surface area contributed by atoms with Crippen molar-refractivity contribution in [1.82, 2.24) is 14.9 Å². The van der Waals surface area contributed by atoms with E-state index in [-0.39, 0.29) is 5.41 Å². The summed E-state index contributed by atoms with van der Waals surface area (Å²) in [5.74, 6) is 1.55. The van der Waals surface area contributed by atoms with Gasteiger partial charge in [-0.3, -0.25) is 4.79 Å². The number of rotatable bonds is 4. The maximum absolute atomic E-state index is 12.9. The topological polar surface area (TPSA) is 46.9 Å². The van der Waals surface area contributed by atoms with E-state index in [2.05, 4.69) is 24.1 Å². The SMILES string of the molecule is CC(C)C1(C(=O)Cc2nc3ccccc3n2C)CCNC1. The quantitative estimate of drug-likeness (QED) is 0.938.